The zero-order chi connectivity index (χ0) is 13.8. The summed E-state index contributed by atoms with van der Waals surface area (Å²) in [6, 6.07) is 8.90. The van der Waals surface area contributed by atoms with Crippen LogP contribution in [0.3, 0.4) is 0 Å². The van der Waals surface area contributed by atoms with E-state index in [4.69, 9.17) is 0 Å². The van der Waals surface area contributed by atoms with Crippen molar-refractivity contribution in [1.29, 1.82) is 0 Å². The summed E-state index contributed by atoms with van der Waals surface area (Å²) in [6.07, 6.45) is 4.04. The molecule has 0 spiro atoms. The van der Waals surface area contributed by atoms with Crippen molar-refractivity contribution in [2.75, 3.05) is 5.32 Å². The molecule has 1 atom stereocenters. The van der Waals surface area contributed by atoms with Crippen LogP contribution in [0.5, 0.6) is 0 Å². The Bertz CT molecular complexity index is 528. The lowest BCUT2D eigenvalue weighted by Crippen LogP contribution is -2.06. The highest BCUT2D eigenvalue weighted by Crippen LogP contribution is 2.22. The van der Waals surface area contributed by atoms with Crippen LogP contribution in [-0.4, -0.2) is 9.78 Å². The number of nitrogens with one attached hydrogen (secondary N) is 1. The second kappa shape index (κ2) is 5.91. The average Bonchev–Trinajstić information content (AvgIpc) is 2.88. The van der Waals surface area contributed by atoms with Crippen molar-refractivity contribution >= 4 is 5.69 Å². The molecule has 1 heterocycles. The lowest BCUT2D eigenvalue weighted by molar-refractivity contribution is 0.658. The molecule has 102 valence electrons. The van der Waals surface area contributed by atoms with Gasteiger partial charge in [-0.1, -0.05) is 26.0 Å². The molecule has 0 radical (unpaired) electrons. The Balaban J connectivity index is 2.09. The molecule has 2 aromatic rings. The molecule has 0 bridgehead atoms. The van der Waals surface area contributed by atoms with Gasteiger partial charge in [-0.05, 0) is 37.5 Å². The van der Waals surface area contributed by atoms with Crippen molar-refractivity contribution < 1.29 is 0 Å². The van der Waals surface area contributed by atoms with Gasteiger partial charge in [0, 0.05) is 24.0 Å². The normalized spacial score (nSPS) is 12.7. The summed E-state index contributed by atoms with van der Waals surface area (Å²) in [5.41, 5.74) is 3.75. The van der Waals surface area contributed by atoms with E-state index in [0.717, 1.165) is 6.54 Å². The third-order valence-electron chi connectivity index (χ3n) is 3.41. The van der Waals surface area contributed by atoms with Crippen LogP contribution in [0, 0.1) is 0 Å². The molecule has 19 heavy (non-hydrogen) atoms. The lowest BCUT2D eigenvalue weighted by Gasteiger charge is -2.15. The summed E-state index contributed by atoms with van der Waals surface area (Å²) in [7, 11) is 0. The van der Waals surface area contributed by atoms with E-state index >= 15 is 0 Å². The maximum atomic E-state index is 4.32. The van der Waals surface area contributed by atoms with Crippen LogP contribution in [-0.2, 0) is 6.54 Å². The Morgan fingerprint density at radius 3 is 2.63 bits per heavy atom. The van der Waals surface area contributed by atoms with Crippen molar-refractivity contribution in [3.05, 3.63) is 47.8 Å². The zero-order valence-corrected chi connectivity index (χ0v) is 12.2. The maximum Gasteiger partial charge on any atom is 0.0542 e. The van der Waals surface area contributed by atoms with Gasteiger partial charge in [-0.15, -0.1) is 0 Å². The Kier molecular flexibility index (Phi) is 4.25. The van der Waals surface area contributed by atoms with E-state index in [9.17, 15) is 0 Å². The van der Waals surface area contributed by atoms with E-state index in [-0.39, 0.29) is 6.04 Å². The zero-order valence-electron chi connectivity index (χ0n) is 12.2. The fourth-order valence-electron chi connectivity index (χ4n) is 2.10. The summed E-state index contributed by atoms with van der Waals surface area (Å²) >= 11 is 0. The minimum absolute atomic E-state index is 0.266. The number of hydrogen-bond donors (Lipinski definition) is 1. The molecule has 1 aromatic heterocycles. The molecule has 0 aliphatic rings. The van der Waals surface area contributed by atoms with E-state index in [1.165, 1.54) is 16.8 Å². The van der Waals surface area contributed by atoms with Crippen LogP contribution in [0.4, 0.5) is 5.69 Å². The first-order valence-corrected chi connectivity index (χ1v) is 6.99. The first-order chi connectivity index (χ1) is 9.10. The molecule has 0 amide bonds. The van der Waals surface area contributed by atoms with Crippen LogP contribution in [0.2, 0.25) is 0 Å². The van der Waals surface area contributed by atoms with E-state index < -0.39 is 0 Å². The topological polar surface area (TPSA) is 29.9 Å². The van der Waals surface area contributed by atoms with Crippen molar-refractivity contribution in [2.45, 2.75) is 46.2 Å². The van der Waals surface area contributed by atoms with Gasteiger partial charge in [0.15, 0.2) is 0 Å². The molecule has 2 rings (SSSR count). The Hall–Kier alpha value is -1.77. The minimum Gasteiger partial charge on any atom is -0.378 e. The summed E-state index contributed by atoms with van der Waals surface area (Å²) in [5, 5.41) is 7.86. The van der Waals surface area contributed by atoms with Crippen LogP contribution in [0.25, 0.3) is 0 Å². The number of nitrogens with zero attached hydrogens (tertiary/aromatic N) is 2. The van der Waals surface area contributed by atoms with Crippen LogP contribution >= 0.6 is 0 Å². The molecule has 0 aliphatic heterocycles. The van der Waals surface area contributed by atoms with Crippen molar-refractivity contribution in [2.24, 2.45) is 0 Å². The van der Waals surface area contributed by atoms with Gasteiger partial charge in [0.1, 0.15) is 0 Å². The van der Waals surface area contributed by atoms with Crippen molar-refractivity contribution in [1.82, 2.24) is 9.78 Å². The lowest BCUT2D eigenvalue weighted by atomic mass is 10.0. The number of anilines is 1. The summed E-state index contributed by atoms with van der Waals surface area (Å²) in [4.78, 5) is 0. The fourth-order valence-corrected chi connectivity index (χ4v) is 2.10. The predicted molar refractivity (Wildman–Crippen MR) is 80.5 cm³/mol. The van der Waals surface area contributed by atoms with Gasteiger partial charge in [-0.3, -0.25) is 4.68 Å². The van der Waals surface area contributed by atoms with Crippen molar-refractivity contribution in [3.63, 3.8) is 0 Å². The molecule has 3 nitrogen and oxygen atoms in total. The van der Waals surface area contributed by atoms with Gasteiger partial charge in [0.2, 0.25) is 0 Å². The molecule has 0 saturated heterocycles. The quantitative estimate of drug-likeness (QED) is 0.870. The van der Waals surface area contributed by atoms with Crippen LogP contribution in [0.15, 0.2) is 36.7 Å². The van der Waals surface area contributed by atoms with Gasteiger partial charge in [0.05, 0.1) is 12.2 Å². The smallest absolute Gasteiger partial charge is 0.0542 e. The van der Waals surface area contributed by atoms with E-state index in [1.54, 1.807) is 0 Å². The number of rotatable bonds is 5. The minimum atomic E-state index is 0.266. The Morgan fingerprint density at radius 1 is 1.21 bits per heavy atom. The van der Waals surface area contributed by atoms with Crippen LogP contribution < -0.4 is 5.32 Å². The monoisotopic (exact) mass is 257 g/mol. The highest BCUT2D eigenvalue weighted by atomic mass is 15.3. The maximum absolute atomic E-state index is 4.32. The molecule has 0 fully saturated rings. The molecule has 3 heteroatoms. The van der Waals surface area contributed by atoms with Gasteiger partial charge in [-0.2, -0.15) is 5.10 Å². The van der Waals surface area contributed by atoms with Crippen molar-refractivity contribution in [3.8, 4) is 0 Å². The van der Waals surface area contributed by atoms with Gasteiger partial charge in [0.25, 0.3) is 0 Å². The van der Waals surface area contributed by atoms with Gasteiger partial charge in [-0.25, -0.2) is 0 Å². The average molecular weight is 257 g/mol. The number of benzene rings is 1. The van der Waals surface area contributed by atoms with E-state index in [0.29, 0.717) is 5.92 Å². The SMILES string of the molecule is CCn1cc(C(C)Nc2cccc(C(C)C)c2)cn1. The van der Waals surface area contributed by atoms with Gasteiger partial charge >= 0.3 is 0 Å². The Morgan fingerprint density at radius 2 is 2.00 bits per heavy atom. The van der Waals surface area contributed by atoms with Gasteiger partial charge < -0.3 is 5.32 Å². The second-order valence-electron chi connectivity index (χ2n) is 5.28. The number of hydrogen-bond acceptors (Lipinski definition) is 2. The molecular weight excluding hydrogens is 234 g/mol. The molecule has 0 aliphatic carbocycles. The predicted octanol–water partition coefficient (Wildman–Crippen LogP) is 4.20. The second-order valence-corrected chi connectivity index (χ2v) is 5.28. The summed E-state index contributed by atoms with van der Waals surface area (Å²) in [5.74, 6) is 0.555. The summed E-state index contributed by atoms with van der Waals surface area (Å²) in [6.45, 7) is 9.61. The third-order valence-corrected chi connectivity index (χ3v) is 3.41. The summed E-state index contributed by atoms with van der Waals surface area (Å²) < 4.78 is 1.96. The largest absolute Gasteiger partial charge is 0.378 e. The molecule has 1 aromatic carbocycles. The van der Waals surface area contributed by atoms with E-state index in [1.807, 2.05) is 10.9 Å². The number of aromatic nitrogens is 2. The highest BCUT2D eigenvalue weighted by Gasteiger charge is 2.08. The highest BCUT2D eigenvalue weighted by molar-refractivity contribution is 5.48. The molecule has 1 unspecified atom stereocenters. The molecule has 0 saturated carbocycles. The third kappa shape index (κ3) is 3.37. The van der Waals surface area contributed by atoms with Crippen LogP contribution in [0.1, 0.15) is 50.8 Å². The molecular formula is C16H23N3. The van der Waals surface area contributed by atoms with E-state index in [2.05, 4.69) is 68.6 Å². The first kappa shape index (κ1) is 13.7. The molecule has 1 N–H and O–H groups in total. The first-order valence-electron chi connectivity index (χ1n) is 6.99. The number of aryl methyl sites for hydroxylation is 1. The standard InChI is InChI=1S/C16H23N3/c1-5-19-11-15(10-17-19)13(4)18-16-8-6-7-14(9-16)12(2)3/h6-13,18H,5H2,1-4H3. The fraction of sp³-hybridized carbons (Fsp3) is 0.438. The Labute approximate surface area is 115 Å².